The Hall–Kier alpha value is -2.40. The molecule has 25 heavy (non-hydrogen) atoms. The molecule has 0 saturated carbocycles. The molecular weight excluding hydrogens is 343 g/mol. The SMILES string of the molecule is CC(C)C(NC(=O)c1ccc(F)cc1)C(=O)NCc1ccc(Cl)cc1. The van der Waals surface area contributed by atoms with Gasteiger partial charge in [0.25, 0.3) is 5.91 Å². The molecule has 1 unspecified atom stereocenters. The van der Waals surface area contributed by atoms with Crippen molar-refractivity contribution >= 4 is 23.4 Å². The summed E-state index contributed by atoms with van der Waals surface area (Å²) < 4.78 is 13.0. The largest absolute Gasteiger partial charge is 0.350 e. The fourth-order valence-corrected chi connectivity index (χ4v) is 2.39. The zero-order valence-electron chi connectivity index (χ0n) is 14.1. The van der Waals surface area contributed by atoms with Gasteiger partial charge in [0.1, 0.15) is 11.9 Å². The second-order valence-electron chi connectivity index (χ2n) is 6.05. The van der Waals surface area contributed by atoms with Crippen molar-refractivity contribution in [1.82, 2.24) is 10.6 Å². The first kappa shape index (κ1) is 18.9. The van der Waals surface area contributed by atoms with Crippen LogP contribution < -0.4 is 10.6 Å². The van der Waals surface area contributed by atoms with Gasteiger partial charge in [0, 0.05) is 17.1 Å². The Bertz CT molecular complexity index is 730. The first-order valence-corrected chi connectivity index (χ1v) is 8.33. The lowest BCUT2D eigenvalue weighted by Crippen LogP contribution is -2.49. The molecule has 4 nitrogen and oxygen atoms in total. The van der Waals surface area contributed by atoms with Gasteiger partial charge in [-0.05, 0) is 47.9 Å². The Balaban J connectivity index is 1.98. The summed E-state index contributed by atoms with van der Waals surface area (Å²) >= 11 is 5.83. The van der Waals surface area contributed by atoms with Crippen molar-refractivity contribution in [2.45, 2.75) is 26.4 Å². The van der Waals surface area contributed by atoms with Crippen molar-refractivity contribution in [2.24, 2.45) is 5.92 Å². The Kier molecular flexibility index (Phi) is 6.53. The van der Waals surface area contributed by atoms with Crippen LogP contribution in [-0.4, -0.2) is 17.9 Å². The first-order chi connectivity index (χ1) is 11.9. The molecule has 0 aliphatic heterocycles. The molecule has 6 heteroatoms. The van der Waals surface area contributed by atoms with Crippen molar-refractivity contribution in [1.29, 1.82) is 0 Å². The van der Waals surface area contributed by atoms with E-state index in [4.69, 9.17) is 11.6 Å². The second-order valence-corrected chi connectivity index (χ2v) is 6.48. The summed E-state index contributed by atoms with van der Waals surface area (Å²) in [6.07, 6.45) is 0. The molecule has 0 bridgehead atoms. The molecule has 2 aromatic rings. The van der Waals surface area contributed by atoms with Crippen LogP contribution in [-0.2, 0) is 11.3 Å². The van der Waals surface area contributed by atoms with Crippen LogP contribution in [0.25, 0.3) is 0 Å². The van der Waals surface area contributed by atoms with Crippen LogP contribution in [0, 0.1) is 11.7 Å². The summed E-state index contributed by atoms with van der Waals surface area (Å²) in [6, 6.07) is 11.6. The number of rotatable bonds is 6. The molecule has 0 spiro atoms. The quantitative estimate of drug-likeness (QED) is 0.825. The second kappa shape index (κ2) is 8.62. The molecule has 0 saturated heterocycles. The van der Waals surface area contributed by atoms with Gasteiger partial charge in [0.15, 0.2) is 0 Å². The highest BCUT2D eigenvalue weighted by Gasteiger charge is 2.24. The van der Waals surface area contributed by atoms with Gasteiger partial charge in [-0.2, -0.15) is 0 Å². The van der Waals surface area contributed by atoms with E-state index in [1.807, 2.05) is 26.0 Å². The maximum atomic E-state index is 13.0. The van der Waals surface area contributed by atoms with Crippen molar-refractivity contribution < 1.29 is 14.0 Å². The van der Waals surface area contributed by atoms with E-state index in [0.717, 1.165) is 5.56 Å². The minimum atomic E-state index is -0.690. The zero-order chi connectivity index (χ0) is 18.4. The van der Waals surface area contributed by atoms with Crippen LogP contribution in [0.5, 0.6) is 0 Å². The number of hydrogen-bond acceptors (Lipinski definition) is 2. The van der Waals surface area contributed by atoms with Crippen LogP contribution >= 0.6 is 11.6 Å². The molecule has 0 aromatic heterocycles. The number of carbonyl (C=O) groups excluding carboxylic acids is 2. The molecule has 0 aliphatic carbocycles. The van der Waals surface area contributed by atoms with E-state index in [1.54, 1.807) is 12.1 Å². The summed E-state index contributed by atoms with van der Waals surface area (Å²) in [6.45, 7) is 4.03. The summed E-state index contributed by atoms with van der Waals surface area (Å²) in [4.78, 5) is 24.7. The highest BCUT2D eigenvalue weighted by Crippen LogP contribution is 2.10. The van der Waals surface area contributed by atoms with Crippen molar-refractivity contribution in [2.75, 3.05) is 0 Å². The Labute approximate surface area is 151 Å². The minimum absolute atomic E-state index is 0.102. The molecule has 0 fully saturated rings. The summed E-state index contributed by atoms with van der Waals surface area (Å²) in [5.41, 5.74) is 1.21. The normalized spacial score (nSPS) is 11.9. The third kappa shape index (κ3) is 5.57. The number of nitrogens with one attached hydrogen (secondary N) is 2. The molecule has 132 valence electrons. The van der Waals surface area contributed by atoms with E-state index in [0.29, 0.717) is 17.1 Å². The highest BCUT2D eigenvalue weighted by molar-refractivity contribution is 6.30. The molecule has 0 aliphatic rings. The lowest BCUT2D eigenvalue weighted by Gasteiger charge is -2.22. The van der Waals surface area contributed by atoms with Gasteiger partial charge in [0.2, 0.25) is 5.91 Å². The Morgan fingerprint density at radius 1 is 1.04 bits per heavy atom. The standard InChI is InChI=1S/C19H20ClFN2O2/c1-12(2)17(23-18(24)14-5-9-16(21)10-6-14)19(25)22-11-13-3-7-15(20)8-4-13/h3-10,12,17H,11H2,1-2H3,(H,22,25)(H,23,24). The van der Waals surface area contributed by atoms with Crippen molar-refractivity contribution in [3.63, 3.8) is 0 Å². The summed E-state index contributed by atoms with van der Waals surface area (Å²) in [7, 11) is 0. The van der Waals surface area contributed by atoms with Gasteiger partial charge in [-0.15, -0.1) is 0 Å². The van der Waals surface area contributed by atoms with E-state index in [2.05, 4.69) is 10.6 Å². The van der Waals surface area contributed by atoms with Gasteiger partial charge in [-0.1, -0.05) is 37.6 Å². The summed E-state index contributed by atoms with van der Waals surface area (Å²) in [5, 5.41) is 6.14. The number of carbonyl (C=O) groups is 2. The predicted octanol–water partition coefficient (Wildman–Crippen LogP) is 3.55. The smallest absolute Gasteiger partial charge is 0.251 e. The topological polar surface area (TPSA) is 58.2 Å². The molecule has 2 rings (SSSR count). The maximum absolute atomic E-state index is 13.0. The fraction of sp³-hybridized carbons (Fsp3) is 0.263. The molecule has 0 heterocycles. The van der Waals surface area contributed by atoms with Gasteiger partial charge in [-0.25, -0.2) is 4.39 Å². The van der Waals surface area contributed by atoms with Crippen molar-refractivity contribution in [3.8, 4) is 0 Å². The average Bonchev–Trinajstić information content (AvgIpc) is 2.59. The van der Waals surface area contributed by atoms with Gasteiger partial charge < -0.3 is 10.6 Å². The highest BCUT2D eigenvalue weighted by atomic mass is 35.5. The molecule has 0 radical (unpaired) electrons. The lowest BCUT2D eigenvalue weighted by atomic mass is 10.0. The van der Waals surface area contributed by atoms with Gasteiger partial charge in [-0.3, -0.25) is 9.59 Å². The van der Waals surface area contributed by atoms with Crippen LogP contribution in [0.2, 0.25) is 5.02 Å². The third-order valence-corrected chi connectivity index (χ3v) is 3.97. The van der Waals surface area contributed by atoms with Crippen LogP contribution in [0.15, 0.2) is 48.5 Å². The van der Waals surface area contributed by atoms with E-state index < -0.39 is 17.8 Å². The van der Waals surface area contributed by atoms with E-state index in [9.17, 15) is 14.0 Å². The van der Waals surface area contributed by atoms with Gasteiger partial charge >= 0.3 is 0 Å². The van der Waals surface area contributed by atoms with Crippen LogP contribution in [0.3, 0.4) is 0 Å². The number of benzene rings is 2. The number of amides is 2. The van der Waals surface area contributed by atoms with E-state index >= 15 is 0 Å². The number of halogens is 2. The van der Waals surface area contributed by atoms with E-state index in [-0.39, 0.29) is 11.8 Å². The lowest BCUT2D eigenvalue weighted by molar-refractivity contribution is -0.124. The van der Waals surface area contributed by atoms with Crippen LogP contribution in [0.1, 0.15) is 29.8 Å². The molecule has 2 N–H and O–H groups in total. The fourth-order valence-electron chi connectivity index (χ4n) is 2.26. The third-order valence-electron chi connectivity index (χ3n) is 3.72. The average molecular weight is 363 g/mol. The van der Waals surface area contributed by atoms with E-state index in [1.165, 1.54) is 24.3 Å². The maximum Gasteiger partial charge on any atom is 0.251 e. The predicted molar refractivity (Wildman–Crippen MR) is 95.8 cm³/mol. The number of hydrogen-bond donors (Lipinski definition) is 2. The monoisotopic (exact) mass is 362 g/mol. The molecular formula is C19H20ClFN2O2. The van der Waals surface area contributed by atoms with Crippen LogP contribution in [0.4, 0.5) is 4.39 Å². The Morgan fingerprint density at radius 3 is 2.20 bits per heavy atom. The zero-order valence-corrected chi connectivity index (χ0v) is 14.8. The first-order valence-electron chi connectivity index (χ1n) is 7.95. The molecule has 2 amide bonds. The minimum Gasteiger partial charge on any atom is -0.350 e. The molecule has 1 atom stereocenters. The summed E-state index contributed by atoms with van der Waals surface area (Å²) in [5.74, 6) is -1.21. The van der Waals surface area contributed by atoms with Gasteiger partial charge in [0.05, 0.1) is 0 Å². The molecule has 2 aromatic carbocycles. The Morgan fingerprint density at radius 2 is 1.64 bits per heavy atom. The van der Waals surface area contributed by atoms with Crippen molar-refractivity contribution in [3.05, 3.63) is 70.5 Å².